The van der Waals surface area contributed by atoms with E-state index >= 15 is 0 Å². The first-order chi connectivity index (χ1) is 16.6. The molecule has 1 heterocycles. The first-order valence-corrected chi connectivity index (χ1v) is 10.8. The first-order valence-electron chi connectivity index (χ1n) is 10.8. The van der Waals surface area contributed by atoms with Gasteiger partial charge in [-0.2, -0.15) is 0 Å². The monoisotopic (exact) mass is 452 g/mol. The topological polar surface area (TPSA) is 80.6 Å². The third-order valence-corrected chi connectivity index (χ3v) is 5.18. The van der Waals surface area contributed by atoms with Gasteiger partial charge in [-0.25, -0.2) is 0 Å². The molecule has 2 N–H and O–H groups in total. The van der Waals surface area contributed by atoms with Gasteiger partial charge in [0, 0.05) is 23.4 Å². The number of hydrogen-bond acceptors (Lipinski definition) is 4. The van der Waals surface area contributed by atoms with Gasteiger partial charge in [0.05, 0.1) is 13.4 Å². The Kier molecular flexibility index (Phi) is 7.20. The molecule has 4 aromatic rings. The molecule has 1 aromatic heterocycles. The number of anilines is 1. The Labute approximate surface area is 197 Å². The normalized spacial score (nSPS) is 11.0. The van der Waals surface area contributed by atoms with Crippen molar-refractivity contribution in [3.05, 3.63) is 120 Å². The predicted molar refractivity (Wildman–Crippen MR) is 132 cm³/mol. The van der Waals surface area contributed by atoms with Crippen molar-refractivity contribution in [2.75, 3.05) is 12.4 Å². The molecule has 0 radical (unpaired) electrons. The fourth-order valence-corrected chi connectivity index (χ4v) is 3.42. The van der Waals surface area contributed by atoms with Crippen molar-refractivity contribution in [2.45, 2.75) is 6.54 Å². The molecule has 0 atom stereocenters. The van der Waals surface area contributed by atoms with Crippen molar-refractivity contribution in [2.24, 2.45) is 0 Å². The molecular weight excluding hydrogens is 428 g/mol. The maximum atomic E-state index is 13.2. The second kappa shape index (κ2) is 10.8. The van der Waals surface area contributed by atoms with E-state index in [0.29, 0.717) is 23.6 Å². The number of hydrogen-bond donors (Lipinski definition) is 2. The first kappa shape index (κ1) is 22.6. The Morgan fingerprint density at radius 3 is 2.32 bits per heavy atom. The highest BCUT2D eigenvalue weighted by Crippen LogP contribution is 2.25. The van der Waals surface area contributed by atoms with Gasteiger partial charge in [-0.05, 0) is 47.5 Å². The molecular formula is C28H24N2O4. The summed E-state index contributed by atoms with van der Waals surface area (Å²) >= 11 is 0. The van der Waals surface area contributed by atoms with Crippen LogP contribution in [0.2, 0.25) is 0 Å². The van der Waals surface area contributed by atoms with Gasteiger partial charge in [0.2, 0.25) is 0 Å². The summed E-state index contributed by atoms with van der Waals surface area (Å²) in [5, 5.41) is 5.76. The molecule has 34 heavy (non-hydrogen) atoms. The van der Waals surface area contributed by atoms with Crippen LogP contribution in [0, 0.1) is 0 Å². The van der Waals surface area contributed by atoms with E-state index in [1.54, 1.807) is 31.4 Å². The standard InChI is InChI=1S/C28H24N2O4/c1-33-25-11-6-5-10-22(25)18-24(21-8-3-2-4-9-21)27(31)29-19-20-13-15-23(16-14-20)30-28(32)26-12-7-17-34-26/h2-18H,19H2,1H3,(H,29,31)(H,30,32)/b24-18+. The van der Waals surface area contributed by atoms with Gasteiger partial charge in [-0.1, -0.05) is 60.7 Å². The highest BCUT2D eigenvalue weighted by Gasteiger charge is 2.14. The summed E-state index contributed by atoms with van der Waals surface area (Å²) in [6, 6.07) is 27.6. The lowest BCUT2D eigenvalue weighted by Crippen LogP contribution is -2.23. The number of benzene rings is 3. The van der Waals surface area contributed by atoms with Gasteiger partial charge < -0.3 is 19.8 Å². The average Bonchev–Trinajstić information content (AvgIpc) is 3.43. The quantitative estimate of drug-likeness (QED) is 0.277. The van der Waals surface area contributed by atoms with Crippen molar-refractivity contribution >= 4 is 29.2 Å². The van der Waals surface area contributed by atoms with Crippen molar-refractivity contribution in [1.29, 1.82) is 0 Å². The second-order valence-corrected chi connectivity index (χ2v) is 7.48. The van der Waals surface area contributed by atoms with Crippen LogP contribution >= 0.6 is 0 Å². The van der Waals surface area contributed by atoms with E-state index in [4.69, 9.17) is 9.15 Å². The minimum Gasteiger partial charge on any atom is -0.496 e. The minimum absolute atomic E-state index is 0.202. The van der Waals surface area contributed by atoms with E-state index in [2.05, 4.69) is 10.6 Å². The summed E-state index contributed by atoms with van der Waals surface area (Å²) in [4.78, 5) is 25.3. The lowest BCUT2D eigenvalue weighted by molar-refractivity contribution is -0.115. The van der Waals surface area contributed by atoms with Crippen LogP contribution in [-0.2, 0) is 11.3 Å². The van der Waals surface area contributed by atoms with Gasteiger partial charge in [0.25, 0.3) is 11.8 Å². The zero-order valence-electron chi connectivity index (χ0n) is 18.7. The smallest absolute Gasteiger partial charge is 0.291 e. The number of ether oxygens (including phenoxy) is 1. The highest BCUT2D eigenvalue weighted by atomic mass is 16.5. The van der Waals surface area contributed by atoms with Crippen LogP contribution in [-0.4, -0.2) is 18.9 Å². The van der Waals surface area contributed by atoms with Crippen molar-refractivity contribution in [3.8, 4) is 5.75 Å². The second-order valence-electron chi connectivity index (χ2n) is 7.48. The fraction of sp³-hybridized carbons (Fsp3) is 0.0714. The largest absolute Gasteiger partial charge is 0.496 e. The number of amides is 2. The number of methoxy groups -OCH3 is 1. The summed E-state index contributed by atoms with van der Waals surface area (Å²) in [6.07, 6.45) is 3.28. The van der Waals surface area contributed by atoms with Crippen LogP contribution in [0.5, 0.6) is 5.75 Å². The predicted octanol–water partition coefficient (Wildman–Crippen LogP) is 5.40. The molecule has 0 saturated carbocycles. The van der Waals surface area contributed by atoms with E-state index in [9.17, 15) is 9.59 Å². The zero-order chi connectivity index (χ0) is 23.8. The van der Waals surface area contributed by atoms with Gasteiger partial charge in [0.1, 0.15) is 5.75 Å². The van der Waals surface area contributed by atoms with Crippen LogP contribution in [0.3, 0.4) is 0 Å². The Bertz CT molecular complexity index is 1280. The molecule has 0 aliphatic carbocycles. The summed E-state index contributed by atoms with van der Waals surface area (Å²) in [7, 11) is 1.61. The van der Waals surface area contributed by atoms with Crippen LogP contribution in [0.4, 0.5) is 5.69 Å². The molecule has 3 aromatic carbocycles. The number of rotatable bonds is 8. The van der Waals surface area contributed by atoms with Gasteiger partial charge in [0.15, 0.2) is 5.76 Å². The number of para-hydroxylation sites is 1. The van der Waals surface area contributed by atoms with E-state index in [0.717, 1.165) is 16.7 Å². The van der Waals surface area contributed by atoms with E-state index in [1.165, 1.54) is 6.26 Å². The molecule has 6 heteroatoms. The van der Waals surface area contributed by atoms with Gasteiger partial charge in [-0.3, -0.25) is 9.59 Å². The molecule has 0 spiro atoms. The van der Waals surface area contributed by atoms with Crippen molar-refractivity contribution in [1.82, 2.24) is 5.32 Å². The van der Waals surface area contributed by atoms with Crippen LogP contribution in [0.1, 0.15) is 27.2 Å². The molecule has 0 aliphatic heterocycles. The molecule has 4 rings (SSSR count). The fourth-order valence-electron chi connectivity index (χ4n) is 3.42. The number of carbonyl (C=O) groups is 2. The van der Waals surface area contributed by atoms with Crippen molar-refractivity contribution < 1.29 is 18.7 Å². The van der Waals surface area contributed by atoms with Crippen LogP contribution in [0.25, 0.3) is 11.6 Å². The molecule has 0 bridgehead atoms. The van der Waals surface area contributed by atoms with Crippen LogP contribution in [0.15, 0.2) is 102 Å². The van der Waals surface area contributed by atoms with E-state index in [1.807, 2.05) is 72.8 Å². The number of carbonyl (C=O) groups excluding carboxylic acids is 2. The molecule has 0 fully saturated rings. The Hall–Kier alpha value is -4.58. The molecule has 6 nitrogen and oxygen atoms in total. The highest BCUT2D eigenvalue weighted by molar-refractivity contribution is 6.24. The molecule has 2 amide bonds. The summed E-state index contributed by atoms with van der Waals surface area (Å²) in [6.45, 7) is 0.335. The third-order valence-electron chi connectivity index (χ3n) is 5.18. The summed E-state index contributed by atoms with van der Waals surface area (Å²) < 4.78 is 10.5. The molecule has 170 valence electrons. The molecule has 0 unspecified atom stereocenters. The van der Waals surface area contributed by atoms with E-state index < -0.39 is 0 Å². The number of nitrogens with one attached hydrogen (secondary N) is 2. The molecule has 0 saturated heterocycles. The Morgan fingerprint density at radius 2 is 1.62 bits per heavy atom. The third kappa shape index (κ3) is 5.61. The minimum atomic E-state index is -0.319. The van der Waals surface area contributed by atoms with Gasteiger partial charge >= 0.3 is 0 Å². The Balaban J connectivity index is 1.47. The van der Waals surface area contributed by atoms with E-state index in [-0.39, 0.29) is 17.6 Å². The maximum Gasteiger partial charge on any atom is 0.291 e. The maximum absolute atomic E-state index is 13.2. The summed E-state index contributed by atoms with van der Waals surface area (Å²) in [5.74, 6) is 0.412. The molecule has 0 aliphatic rings. The van der Waals surface area contributed by atoms with Crippen molar-refractivity contribution in [3.63, 3.8) is 0 Å². The summed E-state index contributed by atoms with van der Waals surface area (Å²) in [5.41, 5.74) is 3.69. The van der Waals surface area contributed by atoms with Gasteiger partial charge in [-0.15, -0.1) is 0 Å². The lowest BCUT2D eigenvalue weighted by atomic mass is 10.0. The lowest BCUT2D eigenvalue weighted by Gasteiger charge is -2.12. The number of furan rings is 1. The average molecular weight is 453 g/mol. The van der Waals surface area contributed by atoms with Crippen LogP contribution < -0.4 is 15.4 Å². The Morgan fingerprint density at radius 1 is 0.882 bits per heavy atom. The zero-order valence-corrected chi connectivity index (χ0v) is 18.7. The SMILES string of the molecule is COc1ccccc1/C=C(/C(=O)NCc1ccc(NC(=O)c2ccco2)cc1)c1ccccc1.